The summed E-state index contributed by atoms with van der Waals surface area (Å²) in [6, 6.07) is 8.31. The summed E-state index contributed by atoms with van der Waals surface area (Å²) >= 11 is 0. The van der Waals surface area contributed by atoms with E-state index in [9.17, 15) is 4.79 Å². The SMILES string of the molecule is CCOC(=O)C1CCCN(c2ncnc(NCc3ccc(C)cc3)c2N)C1. The monoisotopic (exact) mass is 369 g/mol. The molecule has 3 N–H and O–H groups in total. The summed E-state index contributed by atoms with van der Waals surface area (Å²) in [6.45, 7) is 6.30. The van der Waals surface area contributed by atoms with Gasteiger partial charge in [0, 0.05) is 19.6 Å². The molecule has 1 unspecified atom stereocenters. The maximum atomic E-state index is 12.1. The number of aryl methyl sites for hydroxylation is 1. The molecule has 7 nitrogen and oxygen atoms in total. The van der Waals surface area contributed by atoms with E-state index in [2.05, 4.69) is 51.4 Å². The number of hydrogen-bond acceptors (Lipinski definition) is 7. The Kier molecular flexibility index (Phi) is 6.11. The lowest BCUT2D eigenvalue weighted by Crippen LogP contribution is -2.40. The largest absolute Gasteiger partial charge is 0.466 e. The van der Waals surface area contributed by atoms with Gasteiger partial charge in [-0.1, -0.05) is 29.8 Å². The van der Waals surface area contributed by atoms with Gasteiger partial charge in [0.25, 0.3) is 0 Å². The van der Waals surface area contributed by atoms with Gasteiger partial charge in [0.15, 0.2) is 11.6 Å². The van der Waals surface area contributed by atoms with Crippen molar-refractivity contribution in [3.8, 4) is 0 Å². The van der Waals surface area contributed by atoms with Crippen LogP contribution in [0, 0.1) is 12.8 Å². The molecule has 1 aromatic heterocycles. The number of nitrogen functional groups attached to an aromatic ring is 1. The molecule has 0 saturated carbocycles. The van der Waals surface area contributed by atoms with E-state index < -0.39 is 0 Å². The minimum absolute atomic E-state index is 0.142. The molecule has 1 fully saturated rings. The van der Waals surface area contributed by atoms with Crippen molar-refractivity contribution in [2.75, 3.05) is 35.6 Å². The normalized spacial score (nSPS) is 16.8. The van der Waals surface area contributed by atoms with Crippen LogP contribution in [0.5, 0.6) is 0 Å². The molecule has 0 radical (unpaired) electrons. The highest BCUT2D eigenvalue weighted by Gasteiger charge is 2.28. The number of rotatable bonds is 6. The van der Waals surface area contributed by atoms with Gasteiger partial charge in [-0.15, -0.1) is 0 Å². The average molecular weight is 369 g/mol. The fraction of sp³-hybridized carbons (Fsp3) is 0.450. The van der Waals surface area contributed by atoms with E-state index in [1.165, 1.54) is 11.9 Å². The predicted molar refractivity (Wildman–Crippen MR) is 107 cm³/mol. The molecule has 1 saturated heterocycles. The number of ether oxygens (including phenoxy) is 1. The Bertz CT molecular complexity index is 778. The van der Waals surface area contributed by atoms with Crippen molar-refractivity contribution in [1.82, 2.24) is 9.97 Å². The van der Waals surface area contributed by atoms with Gasteiger partial charge in [-0.05, 0) is 32.3 Å². The Morgan fingerprint density at radius 3 is 2.85 bits per heavy atom. The second kappa shape index (κ2) is 8.70. The Balaban J connectivity index is 1.70. The number of nitrogens with zero attached hydrogens (tertiary/aromatic N) is 3. The van der Waals surface area contributed by atoms with Crippen LogP contribution >= 0.6 is 0 Å². The van der Waals surface area contributed by atoms with Crippen LogP contribution in [0.1, 0.15) is 30.9 Å². The molecule has 0 amide bonds. The van der Waals surface area contributed by atoms with Crippen LogP contribution in [0.15, 0.2) is 30.6 Å². The summed E-state index contributed by atoms with van der Waals surface area (Å²) < 4.78 is 5.17. The molecule has 1 aliphatic rings. The van der Waals surface area contributed by atoms with E-state index in [4.69, 9.17) is 10.5 Å². The van der Waals surface area contributed by atoms with E-state index in [1.807, 2.05) is 6.92 Å². The third kappa shape index (κ3) is 4.67. The molecule has 3 rings (SSSR count). The zero-order valence-corrected chi connectivity index (χ0v) is 15.9. The number of nitrogens with two attached hydrogens (primary N) is 1. The molecular formula is C20H27N5O2. The molecule has 2 heterocycles. The first kappa shape index (κ1) is 18.9. The number of anilines is 3. The van der Waals surface area contributed by atoms with Crippen molar-refractivity contribution in [2.45, 2.75) is 33.2 Å². The maximum Gasteiger partial charge on any atom is 0.310 e. The van der Waals surface area contributed by atoms with Crippen LogP contribution in [0.25, 0.3) is 0 Å². The van der Waals surface area contributed by atoms with Gasteiger partial charge in [0.05, 0.1) is 12.5 Å². The van der Waals surface area contributed by atoms with Gasteiger partial charge >= 0.3 is 5.97 Å². The minimum Gasteiger partial charge on any atom is -0.466 e. The molecule has 1 aromatic carbocycles. The summed E-state index contributed by atoms with van der Waals surface area (Å²) in [6.07, 6.45) is 3.25. The molecule has 1 atom stereocenters. The molecular weight excluding hydrogens is 342 g/mol. The molecule has 0 bridgehead atoms. The lowest BCUT2D eigenvalue weighted by Gasteiger charge is -2.33. The van der Waals surface area contributed by atoms with Crippen LogP contribution in [0.2, 0.25) is 0 Å². The van der Waals surface area contributed by atoms with Crippen LogP contribution in [0.3, 0.4) is 0 Å². The first-order chi connectivity index (χ1) is 13.1. The van der Waals surface area contributed by atoms with Crippen molar-refractivity contribution < 1.29 is 9.53 Å². The van der Waals surface area contributed by atoms with E-state index in [0.717, 1.165) is 24.9 Å². The molecule has 27 heavy (non-hydrogen) atoms. The summed E-state index contributed by atoms with van der Waals surface area (Å²) in [5, 5.41) is 3.29. The number of carbonyl (C=O) groups is 1. The summed E-state index contributed by atoms with van der Waals surface area (Å²) in [4.78, 5) is 22.8. The Hall–Kier alpha value is -2.83. The number of nitrogens with one attached hydrogen (secondary N) is 1. The molecule has 0 aliphatic carbocycles. The number of piperidine rings is 1. The third-order valence-corrected chi connectivity index (χ3v) is 4.78. The lowest BCUT2D eigenvalue weighted by molar-refractivity contribution is -0.148. The van der Waals surface area contributed by atoms with Crippen molar-refractivity contribution in [2.24, 2.45) is 5.92 Å². The highest BCUT2D eigenvalue weighted by atomic mass is 16.5. The van der Waals surface area contributed by atoms with Gasteiger partial charge in [0.1, 0.15) is 12.0 Å². The highest BCUT2D eigenvalue weighted by Crippen LogP contribution is 2.30. The first-order valence-electron chi connectivity index (χ1n) is 9.40. The van der Waals surface area contributed by atoms with Crippen LogP contribution in [-0.2, 0) is 16.1 Å². The van der Waals surface area contributed by atoms with Gasteiger partial charge in [-0.25, -0.2) is 9.97 Å². The van der Waals surface area contributed by atoms with E-state index in [-0.39, 0.29) is 11.9 Å². The maximum absolute atomic E-state index is 12.1. The topological polar surface area (TPSA) is 93.4 Å². The number of esters is 1. The lowest BCUT2D eigenvalue weighted by atomic mass is 9.98. The zero-order chi connectivity index (χ0) is 19.2. The Morgan fingerprint density at radius 2 is 2.11 bits per heavy atom. The molecule has 144 valence electrons. The Morgan fingerprint density at radius 1 is 1.33 bits per heavy atom. The quantitative estimate of drug-likeness (QED) is 0.756. The van der Waals surface area contributed by atoms with Crippen molar-refractivity contribution in [3.63, 3.8) is 0 Å². The summed E-state index contributed by atoms with van der Waals surface area (Å²) in [5.74, 6) is 0.994. The highest BCUT2D eigenvalue weighted by molar-refractivity contribution is 5.77. The number of carbonyl (C=O) groups excluding carboxylic acids is 1. The smallest absolute Gasteiger partial charge is 0.310 e. The number of aromatic nitrogens is 2. The van der Waals surface area contributed by atoms with E-state index >= 15 is 0 Å². The molecule has 7 heteroatoms. The van der Waals surface area contributed by atoms with Crippen molar-refractivity contribution >= 4 is 23.3 Å². The first-order valence-corrected chi connectivity index (χ1v) is 9.40. The van der Waals surface area contributed by atoms with Crippen molar-refractivity contribution in [1.29, 1.82) is 0 Å². The van der Waals surface area contributed by atoms with Crippen LogP contribution < -0.4 is 16.0 Å². The van der Waals surface area contributed by atoms with Crippen LogP contribution in [-0.4, -0.2) is 35.6 Å². The fourth-order valence-electron chi connectivity index (χ4n) is 3.29. The molecule has 1 aliphatic heterocycles. The molecule has 2 aromatic rings. The summed E-state index contributed by atoms with van der Waals surface area (Å²) in [5.41, 5.74) is 9.22. The van der Waals surface area contributed by atoms with Gasteiger partial charge in [-0.2, -0.15) is 0 Å². The molecule has 0 spiro atoms. The average Bonchev–Trinajstić information content (AvgIpc) is 2.69. The van der Waals surface area contributed by atoms with Crippen LogP contribution in [0.4, 0.5) is 17.3 Å². The summed E-state index contributed by atoms with van der Waals surface area (Å²) in [7, 11) is 0. The fourth-order valence-corrected chi connectivity index (χ4v) is 3.29. The number of hydrogen-bond donors (Lipinski definition) is 2. The van der Waals surface area contributed by atoms with E-state index in [0.29, 0.717) is 37.0 Å². The Labute approximate surface area is 159 Å². The van der Waals surface area contributed by atoms with Gasteiger partial charge < -0.3 is 20.7 Å². The standard InChI is InChI=1S/C20H27N5O2/c1-3-27-20(26)16-5-4-10-25(12-16)19-17(21)18(23-13-24-19)22-11-15-8-6-14(2)7-9-15/h6-9,13,16H,3-5,10-12,21H2,1-2H3,(H,22,23,24). The second-order valence-electron chi connectivity index (χ2n) is 6.84. The van der Waals surface area contributed by atoms with Gasteiger partial charge in [0.2, 0.25) is 0 Å². The third-order valence-electron chi connectivity index (χ3n) is 4.78. The van der Waals surface area contributed by atoms with Gasteiger partial charge in [-0.3, -0.25) is 4.79 Å². The number of benzene rings is 1. The zero-order valence-electron chi connectivity index (χ0n) is 15.9. The van der Waals surface area contributed by atoms with Crippen molar-refractivity contribution in [3.05, 3.63) is 41.7 Å². The van der Waals surface area contributed by atoms with E-state index in [1.54, 1.807) is 0 Å². The second-order valence-corrected chi connectivity index (χ2v) is 6.84. The minimum atomic E-state index is -0.146. The predicted octanol–water partition coefficient (Wildman–Crippen LogP) is 2.76.